The van der Waals surface area contributed by atoms with Crippen molar-refractivity contribution in [2.45, 2.75) is 17.9 Å². The average Bonchev–Trinajstić information content (AvgIpc) is 2.27. The number of hydrogen-bond acceptors (Lipinski definition) is 3. The zero-order valence-corrected chi connectivity index (χ0v) is 12.7. The van der Waals surface area contributed by atoms with Crippen LogP contribution in [-0.4, -0.2) is 39.4 Å². The zero-order valence-electron chi connectivity index (χ0n) is 10.3. The molecule has 0 aliphatic rings. The molecule has 1 aromatic carbocycles. The highest BCUT2D eigenvalue weighted by molar-refractivity contribution is 9.10. The number of nitrogens with zero attached hydrogens (tertiary/aromatic N) is 1. The van der Waals surface area contributed by atoms with E-state index in [1.54, 1.807) is 26.2 Å². The number of carbonyl (C=O) groups is 1. The molecule has 1 rings (SSSR count). The van der Waals surface area contributed by atoms with Crippen LogP contribution in [-0.2, 0) is 14.8 Å². The topological polar surface area (TPSA) is 66.5 Å². The van der Waals surface area contributed by atoms with Gasteiger partial charge in [-0.2, -0.15) is 4.72 Å². The third-order valence-corrected chi connectivity index (χ3v) is 4.35. The molecule has 0 bridgehead atoms. The number of benzene rings is 1. The largest absolute Gasteiger partial charge is 0.347 e. The summed E-state index contributed by atoms with van der Waals surface area (Å²) in [6, 6.07) is 5.41. The van der Waals surface area contributed by atoms with Crippen LogP contribution in [0.2, 0.25) is 0 Å². The smallest absolute Gasteiger partial charge is 0.241 e. The maximum absolute atomic E-state index is 12.0. The molecule has 0 saturated carbocycles. The SMILES string of the molecule is C[C@@H](NS(=O)(=O)c1ccc(Br)cc1)C(=O)N(C)C. The van der Waals surface area contributed by atoms with Gasteiger partial charge in [0.15, 0.2) is 0 Å². The predicted octanol–water partition coefficient (Wildman–Crippen LogP) is 1.20. The van der Waals surface area contributed by atoms with E-state index in [2.05, 4.69) is 20.7 Å². The quantitative estimate of drug-likeness (QED) is 0.899. The van der Waals surface area contributed by atoms with Crippen LogP contribution in [0.25, 0.3) is 0 Å². The Morgan fingerprint density at radius 2 is 1.78 bits per heavy atom. The van der Waals surface area contributed by atoms with Gasteiger partial charge in [0.1, 0.15) is 0 Å². The lowest BCUT2D eigenvalue weighted by atomic mass is 10.3. The van der Waals surface area contributed by atoms with Crippen LogP contribution in [0.1, 0.15) is 6.92 Å². The lowest BCUT2D eigenvalue weighted by Gasteiger charge is -2.18. The van der Waals surface area contributed by atoms with Gasteiger partial charge in [-0.25, -0.2) is 8.42 Å². The molecule has 0 aliphatic heterocycles. The number of likely N-dealkylation sites (N-methyl/N-ethyl adjacent to an activating group) is 1. The normalized spacial score (nSPS) is 13.1. The van der Waals surface area contributed by atoms with Crippen LogP contribution in [0.15, 0.2) is 33.6 Å². The van der Waals surface area contributed by atoms with Crippen LogP contribution in [0, 0.1) is 0 Å². The Hall–Kier alpha value is -0.920. The van der Waals surface area contributed by atoms with Crippen LogP contribution >= 0.6 is 15.9 Å². The van der Waals surface area contributed by atoms with E-state index in [1.807, 2.05) is 0 Å². The van der Waals surface area contributed by atoms with Crippen molar-refractivity contribution < 1.29 is 13.2 Å². The van der Waals surface area contributed by atoms with Crippen LogP contribution in [0.5, 0.6) is 0 Å². The number of carbonyl (C=O) groups excluding carboxylic acids is 1. The van der Waals surface area contributed by atoms with E-state index in [0.29, 0.717) is 0 Å². The van der Waals surface area contributed by atoms with Gasteiger partial charge in [-0.15, -0.1) is 0 Å². The van der Waals surface area contributed by atoms with Crippen LogP contribution < -0.4 is 4.72 Å². The molecule has 0 saturated heterocycles. The highest BCUT2D eigenvalue weighted by Crippen LogP contribution is 2.14. The molecule has 1 amide bonds. The van der Waals surface area contributed by atoms with Gasteiger partial charge >= 0.3 is 0 Å². The number of nitrogens with one attached hydrogen (secondary N) is 1. The Morgan fingerprint density at radius 3 is 2.22 bits per heavy atom. The number of hydrogen-bond donors (Lipinski definition) is 1. The van der Waals surface area contributed by atoms with Gasteiger partial charge in [-0.3, -0.25) is 4.79 Å². The van der Waals surface area contributed by atoms with Crippen molar-refractivity contribution in [1.82, 2.24) is 9.62 Å². The molecular weight excluding hydrogens is 320 g/mol. The van der Waals surface area contributed by atoms with Crippen molar-refractivity contribution in [2.24, 2.45) is 0 Å². The molecule has 100 valence electrons. The highest BCUT2D eigenvalue weighted by atomic mass is 79.9. The minimum atomic E-state index is -3.67. The standard InChI is InChI=1S/C11H15BrN2O3S/c1-8(11(15)14(2)3)13-18(16,17)10-6-4-9(12)5-7-10/h4-8,13H,1-3H3/t8-/m1/s1. The fraction of sp³-hybridized carbons (Fsp3) is 0.364. The van der Waals surface area contributed by atoms with E-state index >= 15 is 0 Å². The first-order chi connectivity index (χ1) is 8.24. The Labute approximate surface area is 115 Å². The molecular formula is C11H15BrN2O3S. The summed E-state index contributed by atoms with van der Waals surface area (Å²) in [7, 11) is -0.521. The Kier molecular flexibility index (Phi) is 4.89. The van der Waals surface area contributed by atoms with E-state index in [9.17, 15) is 13.2 Å². The number of sulfonamides is 1. The summed E-state index contributed by atoms with van der Waals surface area (Å²) in [5, 5.41) is 0. The molecule has 1 N–H and O–H groups in total. The first-order valence-corrected chi connectivity index (χ1v) is 7.50. The summed E-state index contributed by atoms with van der Waals surface area (Å²) in [4.78, 5) is 13.1. The summed E-state index contributed by atoms with van der Waals surface area (Å²) in [6.07, 6.45) is 0. The van der Waals surface area contributed by atoms with Crippen LogP contribution in [0.3, 0.4) is 0 Å². The van der Waals surface area contributed by atoms with Gasteiger partial charge in [-0.1, -0.05) is 15.9 Å². The van der Waals surface area contributed by atoms with Crippen molar-refractivity contribution in [3.8, 4) is 0 Å². The molecule has 0 unspecified atom stereocenters. The summed E-state index contributed by atoms with van der Waals surface area (Å²) in [5.74, 6) is -0.296. The maximum Gasteiger partial charge on any atom is 0.241 e. The first-order valence-electron chi connectivity index (χ1n) is 5.23. The number of amides is 1. The molecule has 0 aliphatic carbocycles. The molecule has 0 heterocycles. The van der Waals surface area contributed by atoms with Crippen LogP contribution in [0.4, 0.5) is 0 Å². The monoisotopic (exact) mass is 334 g/mol. The van der Waals surface area contributed by atoms with Crippen molar-refractivity contribution in [2.75, 3.05) is 14.1 Å². The van der Waals surface area contributed by atoms with Crippen molar-refractivity contribution in [1.29, 1.82) is 0 Å². The molecule has 0 radical (unpaired) electrons. The van der Waals surface area contributed by atoms with E-state index < -0.39 is 16.1 Å². The number of rotatable bonds is 4. The highest BCUT2D eigenvalue weighted by Gasteiger charge is 2.22. The molecule has 0 fully saturated rings. The molecule has 1 aromatic rings. The van der Waals surface area contributed by atoms with E-state index in [1.165, 1.54) is 24.0 Å². The van der Waals surface area contributed by atoms with Gasteiger partial charge < -0.3 is 4.90 Å². The van der Waals surface area contributed by atoms with Gasteiger partial charge in [0.2, 0.25) is 15.9 Å². The second-order valence-corrected chi connectivity index (χ2v) is 6.66. The summed E-state index contributed by atoms with van der Waals surface area (Å²) in [6.45, 7) is 1.51. The summed E-state index contributed by atoms with van der Waals surface area (Å²) >= 11 is 3.23. The predicted molar refractivity (Wildman–Crippen MR) is 72.6 cm³/mol. The summed E-state index contributed by atoms with van der Waals surface area (Å²) in [5.41, 5.74) is 0. The molecule has 18 heavy (non-hydrogen) atoms. The third-order valence-electron chi connectivity index (χ3n) is 2.27. The van der Waals surface area contributed by atoms with Gasteiger partial charge in [0.05, 0.1) is 10.9 Å². The minimum absolute atomic E-state index is 0.129. The summed E-state index contributed by atoms with van der Waals surface area (Å²) < 4.78 is 27.1. The molecule has 1 atom stereocenters. The fourth-order valence-corrected chi connectivity index (χ4v) is 2.81. The van der Waals surface area contributed by atoms with E-state index in [0.717, 1.165) is 4.47 Å². The lowest BCUT2D eigenvalue weighted by Crippen LogP contribution is -2.44. The van der Waals surface area contributed by atoms with Crippen molar-refractivity contribution in [3.63, 3.8) is 0 Å². The molecule has 0 aromatic heterocycles. The van der Waals surface area contributed by atoms with Gasteiger partial charge in [-0.05, 0) is 31.2 Å². The zero-order chi connectivity index (χ0) is 13.9. The second kappa shape index (κ2) is 5.81. The van der Waals surface area contributed by atoms with E-state index in [4.69, 9.17) is 0 Å². The molecule has 7 heteroatoms. The average molecular weight is 335 g/mol. The lowest BCUT2D eigenvalue weighted by molar-refractivity contribution is -0.130. The fourth-order valence-electron chi connectivity index (χ4n) is 1.35. The van der Waals surface area contributed by atoms with Gasteiger partial charge in [0, 0.05) is 18.6 Å². The first kappa shape index (κ1) is 15.1. The van der Waals surface area contributed by atoms with Crippen molar-refractivity contribution in [3.05, 3.63) is 28.7 Å². The molecule has 5 nitrogen and oxygen atoms in total. The minimum Gasteiger partial charge on any atom is -0.347 e. The number of halogens is 1. The third kappa shape index (κ3) is 3.79. The van der Waals surface area contributed by atoms with E-state index in [-0.39, 0.29) is 10.8 Å². The Balaban J connectivity index is 2.89. The Bertz CT molecular complexity index is 526. The van der Waals surface area contributed by atoms with Gasteiger partial charge in [0.25, 0.3) is 0 Å². The molecule has 0 spiro atoms. The maximum atomic E-state index is 12.0. The second-order valence-electron chi connectivity index (χ2n) is 4.03. The Morgan fingerprint density at radius 1 is 1.28 bits per heavy atom. The van der Waals surface area contributed by atoms with Crippen molar-refractivity contribution >= 4 is 31.9 Å².